The number of amides is 1. The summed E-state index contributed by atoms with van der Waals surface area (Å²) < 4.78 is 5.57. The molecule has 0 fully saturated rings. The molecule has 0 radical (unpaired) electrons. The van der Waals surface area contributed by atoms with Gasteiger partial charge in [0.15, 0.2) is 6.61 Å². The number of hydrogen-bond donors (Lipinski definition) is 1. The average Bonchev–Trinajstić information content (AvgIpc) is 3.02. The molecule has 1 N–H and O–H groups in total. The Morgan fingerprint density at radius 1 is 1.15 bits per heavy atom. The zero-order valence-corrected chi connectivity index (χ0v) is 17.1. The van der Waals surface area contributed by atoms with Crippen LogP contribution < -0.4 is 10.1 Å². The van der Waals surface area contributed by atoms with Gasteiger partial charge in [0.25, 0.3) is 5.91 Å². The Labute approximate surface area is 168 Å². The molecule has 140 valence electrons. The number of aromatic nitrogens is 1. The fourth-order valence-electron chi connectivity index (χ4n) is 2.52. The summed E-state index contributed by atoms with van der Waals surface area (Å²) in [5, 5.41) is 4.41. The highest BCUT2D eigenvalue weighted by atomic mass is 35.5. The third-order valence-corrected chi connectivity index (χ3v) is 5.81. The molecule has 2 aromatic carbocycles. The molecule has 27 heavy (non-hydrogen) atoms. The van der Waals surface area contributed by atoms with E-state index in [4.69, 9.17) is 16.3 Å². The van der Waals surface area contributed by atoms with Gasteiger partial charge < -0.3 is 10.1 Å². The molecule has 0 saturated carbocycles. The van der Waals surface area contributed by atoms with E-state index in [9.17, 15) is 4.79 Å². The van der Waals surface area contributed by atoms with Gasteiger partial charge in [-0.2, -0.15) is 0 Å². The van der Waals surface area contributed by atoms with Gasteiger partial charge in [-0.1, -0.05) is 35.9 Å². The number of rotatable bonds is 6. The third kappa shape index (κ3) is 4.87. The molecule has 3 aromatic rings. The van der Waals surface area contributed by atoms with E-state index in [1.807, 2.05) is 63.2 Å². The van der Waals surface area contributed by atoms with Crippen molar-refractivity contribution in [1.29, 1.82) is 0 Å². The number of carbonyl (C=O) groups is 1. The van der Waals surface area contributed by atoms with Gasteiger partial charge in [-0.15, -0.1) is 11.3 Å². The lowest BCUT2D eigenvalue weighted by Crippen LogP contribution is -2.28. The number of hydrogen-bond acceptors (Lipinski definition) is 4. The van der Waals surface area contributed by atoms with Gasteiger partial charge >= 0.3 is 0 Å². The topological polar surface area (TPSA) is 51.2 Å². The minimum atomic E-state index is -0.166. The zero-order chi connectivity index (χ0) is 19.4. The minimum Gasteiger partial charge on any atom is -0.484 e. The van der Waals surface area contributed by atoms with Gasteiger partial charge in [-0.25, -0.2) is 4.98 Å². The SMILES string of the molecule is Cc1ccc(OCC(=O)NCc2sc(-c3ccccc3Cl)nc2C)cc1C. The van der Waals surface area contributed by atoms with Crippen LogP contribution in [0, 0.1) is 20.8 Å². The van der Waals surface area contributed by atoms with Crippen LogP contribution in [0.5, 0.6) is 5.75 Å². The van der Waals surface area contributed by atoms with Crippen LogP contribution in [0.1, 0.15) is 21.7 Å². The van der Waals surface area contributed by atoms with Crippen molar-refractivity contribution in [1.82, 2.24) is 10.3 Å². The molecule has 0 bridgehead atoms. The maximum atomic E-state index is 12.1. The van der Waals surface area contributed by atoms with Crippen molar-refractivity contribution in [2.75, 3.05) is 6.61 Å². The normalized spacial score (nSPS) is 10.7. The van der Waals surface area contributed by atoms with E-state index < -0.39 is 0 Å². The van der Waals surface area contributed by atoms with Gasteiger partial charge in [0.1, 0.15) is 10.8 Å². The summed E-state index contributed by atoms with van der Waals surface area (Å²) in [5.41, 5.74) is 4.13. The first-order valence-corrected chi connectivity index (χ1v) is 9.81. The molecular weight excluding hydrogens is 380 g/mol. The standard InChI is InChI=1S/C21H21ClN2O2S/c1-13-8-9-16(10-14(13)2)26-12-20(25)23-11-19-15(3)24-21(27-19)17-6-4-5-7-18(17)22/h4-10H,11-12H2,1-3H3,(H,23,25). The Bertz CT molecular complexity index is 969. The number of nitrogens with zero attached hydrogens (tertiary/aromatic N) is 1. The first kappa shape index (κ1) is 19.4. The van der Waals surface area contributed by atoms with E-state index >= 15 is 0 Å². The summed E-state index contributed by atoms with van der Waals surface area (Å²) in [6.07, 6.45) is 0. The van der Waals surface area contributed by atoms with Crippen molar-refractivity contribution in [3.63, 3.8) is 0 Å². The first-order chi connectivity index (χ1) is 12.9. The second-order valence-corrected chi connectivity index (χ2v) is 7.81. The van der Waals surface area contributed by atoms with Crippen molar-refractivity contribution in [3.8, 4) is 16.3 Å². The summed E-state index contributed by atoms with van der Waals surface area (Å²) in [6, 6.07) is 13.4. The fourth-order valence-corrected chi connectivity index (χ4v) is 3.85. The lowest BCUT2D eigenvalue weighted by molar-refractivity contribution is -0.123. The number of carbonyl (C=O) groups excluding carboxylic acids is 1. The van der Waals surface area contributed by atoms with E-state index in [0.29, 0.717) is 17.3 Å². The monoisotopic (exact) mass is 400 g/mol. The quantitative estimate of drug-likeness (QED) is 0.627. The maximum Gasteiger partial charge on any atom is 0.258 e. The number of aryl methyl sites for hydroxylation is 3. The molecule has 6 heteroatoms. The van der Waals surface area contributed by atoms with Crippen molar-refractivity contribution in [3.05, 3.63) is 69.2 Å². The van der Waals surface area contributed by atoms with Crippen LogP contribution in [0.4, 0.5) is 0 Å². The van der Waals surface area contributed by atoms with Crippen LogP contribution in [0.15, 0.2) is 42.5 Å². The fraction of sp³-hybridized carbons (Fsp3) is 0.238. The van der Waals surface area contributed by atoms with Gasteiger partial charge in [0, 0.05) is 10.4 Å². The Morgan fingerprint density at radius 2 is 1.93 bits per heavy atom. The van der Waals surface area contributed by atoms with E-state index in [1.54, 1.807) is 0 Å². The van der Waals surface area contributed by atoms with Gasteiger partial charge in [-0.3, -0.25) is 4.79 Å². The predicted octanol–water partition coefficient (Wildman–Crippen LogP) is 5.08. The lowest BCUT2D eigenvalue weighted by atomic mass is 10.1. The van der Waals surface area contributed by atoms with Crippen molar-refractivity contribution < 1.29 is 9.53 Å². The van der Waals surface area contributed by atoms with Crippen LogP contribution >= 0.6 is 22.9 Å². The van der Waals surface area contributed by atoms with Crippen molar-refractivity contribution in [2.45, 2.75) is 27.3 Å². The van der Waals surface area contributed by atoms with E-state index in [0.717, 1.165) is 26.7 Å². The van der Waals surface area contributed by atoms with Crippen LogP contribution in [0.25, 0.3) is 10.6 Å². The molecule has 0 atom stereocenters. The first-order valence-electron chi connectivity index (χ1n) is 8.62. The number of ether oxygens (including phenoxy) is 1. The highest BCUT2D eigenvalue weighted by Crippen LogP contribution is 2.32. The van der Waals surface area contributed by atoms with Gasteiger partial charge in [0.2, 0.25) is 0 Å². The summed E-state index contributed by atoms with van der Waals surface area (Å²) in [4.78, 5) is 17.7. The molecule has 1 heterocycles. The molecule has 1 amide bonds. The molecule has 1 aromatic heterocycles. The summed E-state index contributed by atoms with van der Waals surface area (Å²) in [5.74, 6) is 0.531. The molecule has 0 aliphatic heterocycles. The highest BCUT2D eigenvalue weighted by molar-refractivity contribution is 7.15. The van der Waals surface area contributed by atoms with Gasteiger partial charge in [-0.05, 0) is 50.1 Å². The Morgan fingerprint density at radius 3 is 2.67 bits per heavy atom. The van der Waals surface area contributed by atoms with Crippen LogP contribution in [-0.2, 0) is 11.3 Å². The largest absolute Gasteiger partial charge is 0.484 e. The molecule has 0 aliphatic rings. The van der Waals surface area contributed by atoms with E-state index in [-0.39, 0.29) is 12.5 Å². The highest BCUT2D eigenvalue weighted by Gasteiger charge is 2.13. The predicted molar refractivity (Wildman–Crippen MR) is 111 cm³/mol. The lowest BCUT2D eigenvalue weighted by Gasteiger charge is -2.08. The van der Waals surface area contributed by atoms with Crippen molar-refractivity contribution >= 4 is 28.8 Å². The second kappa shape index (κ2) is 8.55. The molecule has 0 aliphatic carbocycles. The Balaban J connectivity index is 1.57. The summed E-state index contributed by atoms with van der Waals surface area (Å²) in [7, 11) is 0. The average molecular weight is 401 g/mol. The molecule has 3 rings (SSSR count). The molecule has 0 spiro atoms. The number of thiazole rings is 1. The second-order valence-electron chi connectivity index (χ2n) is 6.32. The number of nitrogens with one attached hydrogen (secondary N) is 1. The zero-order valence-electron chi connectivity index (χ0n) is 15.5. The third-order valence-electron chi connectivity index (χ3n) is 4.29. The summed E-state index contributed by atoms with van der Waals surface area (Å²) >= 11 is 7.78. The Hall–Kier alpha value is -2.37. The van der Waals surface area contributed by atoms with Crippen molar-refractivity contribution in [2.24, 2.45) is 0 Å². The van der Waals surface area contributed by atoms with E-state index in [1.165, 1.54) is 16.9 Å². The van der Waals surface area contributed by atoms with Gasteiger partial charge in [0.05, 0.1) is 17.3 Å². The number of halogens is 1. The summed E-state index contributed by atoms with van der Waals surface area (Å²) in [6.45, 7) is 6.40. The van der Waals surface area contributed by atoms with Crippen LogP contribution in [0.2, 0.25) is 5.02 Å². The maximum absolute atomic E-state index is 12.1. The molecule has 4 nitrogen and oxygen atoms in total. The minimum absolute atomic E-state index is 0.0161. The molecule has 0 unspecified atom stereocenters. The number of benzene rings is 2. The molecule has 0 saturated heterocycles. The smallest absolute Gasteiger partial charge is 0.258 e. The Kier molecular flexibility index (Phi) is 6.14. The van der Waals surface area contributed by atoms with E-state index in [2.05, 4.69) is 10.3 Å². The van der Waals surface area contributed by atoms with Crippen LogP contribution in [-0.4, -0.2) is 17.5 Å². The van der Waals surface area contributed by atoms with Crippen LogP contribution in [0.3, 0.4) is 0 Å². The molecular formula is C21H21ClN2O2S.